The van der Waals surface area contributed by atoms with Crippen molar-refractivity contribution in [1.82, 2.24) is 0 Å². The van der Waals surface area contributed by atoms with Crippen molar-refractivity contribution in [3.8, 4) is 0 Å². The molecule has 0 amide bonds. The molecule has 0 spiro atoms. The second-order valence-electron chi connectivity index (χ2n) is 3.49. The van der Waals surface area contributed by atoms with Crippen molar-refractivity contribution in [2.45, 2.75) is 4.90 Å². The van der Waals surface area contributed by atoms with E-state index in [1.165, 1.54) is 17.4 Å². The Morgan fingerprint density at radius 3 is 1.89 bits per heavy atom. The first-order valence-electron chi connectivity index (χ1n) is 4.95. The van der Waals surface area contributed by atoms with Crippen LogP contribution in [0.15, 0.2) is 59.5 Å². The van der Waals surface area contributed by atoms with Crippen molar-refractivity contribution >= 4 is 29.3 Å². The Bertz CT molecular complexity index is 603. The van der Waals surface area contributed by atoms with Crippen molar-refractivity contribution in [3.63, 3.8) is 0 Å². The van der Waals surface area contributed by atoms with E-state index < -0.39 is 10.1 Å². The maximum absolute atomic E-state index is 10.9. The van der Waals surface area contributed by atoms with Crippen LogP contribution < -0.4 is 40.2 Å². The maximum atomic E-state index is 10.9. The van der Waals surface area contributed by atoms with Crippen LogP contribution in [0.2, 0.25) is 0 Å². The predicted molar refractivity (Wildman–Crippen MR) is 71.4 cm³/mol. The summed E-state index contributed by atoms with van der Waals surface area (Å²) in [5.41, 5.74) is 0. The summed E-state index contributed by atoms with van der Waals surface area (Å²) in [5, 5.41) is 2.22. The Balaban J connectivity index is 0.00000162. The van der Waals surface area contributed by atoms with Gasteiger partial charge >= 0.3 is 29.6 Å². The molecule has 0 bridgehead atoms. The fourth-order valence-corrected chi connectivity index (χ4v) is 2.90. The fraction of sp³-hybridized carbons (Fsp3) is 0. The molecule has 6 heteroatoms. The molecule has 0 saturated heterocycles. The third kappa shape index (κ3) is 4.47. The van der Waals surface area contributed by atoms with Crippen molar-refractivity contribution in [1.29, 1.82) is 0 Å². The van der Waals surface area contributed by atoms with Crippen LogP contribution in [0.5, 0.6) is 0 Å². The van der Waals surface area contributed by atoms with E-state index in [0.29, 0.717) is 8.58 Å². The zero-order valence-electron chi connectivity index (χ0n) is 10.9. The average molecular weight is 290 g/mol. The number of rotatable bonds is 3. The summed E-state index contributed by atoms with van der Waals surface area (Å²) in [5.74, 6) is 0. The number of benzene rings is 2. The predicted octanol–water partition coefficient (Wildman–Crippen LogP) is -1.32. The monoisotopic (exact) mass is 290 g/mol. The van der Waals surface area contributed by atoms with Gasteiger partial charge in [0.25, 0.3) is 10.1 Å². The van der Waals surface area contributed by atoms with Crippen LogP contribution in [0, 0.1) is 0 Å². The van der Waals surface area contributed by atoms with Crippen LogP contribution in [0.3, 0.4) is 0 Å². The molecule has 3 nitrogen and oxygen atoms in total. The summed E-state index contributed by atoms with van der Waals surface area (Å²) in [4.78, 5) is -0.0703. The molecule has 18 heavy (non-hydrogen) atoms. The quantitative estimate of drug-likeness (QED) is 0.433. The van der Waals surface area contributed by atoms with Crippen LogP contribution in [0.25, 0.3) is 0 Å². The summed E-state index contributed by atoms with van der Waals surface area (Å²) in [7, 11) is -3.61. The molecule has 2 aromatic rings. The van der Waals surface area contributed by atoms with Gasteiger partial charge in [-0.25, -0.2) is 0 Å². The van der Waals surface area contributed by atoms with Crippen LogP contribution in [-0.2, 0) is 10.1 Å². The van der Waals surface area contributed by atoms with E-state index >= 15 is 0 Å². The van der Waals surface area contributed by atoms with Gasteiger partial charge in [-0.1, -0.05) is 51.0 Å². The van der Waals surface area contributed by atoms with Gasteiger partial charge in [-0.15, -0.1) is 0 Å². The van der Waals surface area contributed by atoms with E-state index in [1.54, 1.807) is 12.1 Å². The zero-order chi connectivity index (χ0) is 12.3. The molecular weight excluding hydrogens is 278 g/mol. The van der Waals surface area contributed by atoms with E-state index in [-0.39, 0.29) is 35.9 Å². The van der Waals surface area contributed by atoms with Gasteiger partial charge < -0.3 is 1.43 Å². The van der Waals surface area contributed by atoms with Gasteiger partial charge in [0.05, 0.1) is 4.90 Å². The molecule has 1 atom stereocenters. The minimum Gasteiger partial charge on any atom is -1.00 e. The van der Waals surface area contributed by atoms with Crippen molar-refractivity contribution in [2.75, 3.05) is 0 Å². The molecule has 0 saturated carbocycles. The molecule has 0 aromatic heterocycles. The average Bonchev–Trinajstić information content (AvgIpc) is 2.30. The summed E-state index contributed by atoms with van der Waals surface area (Å²) in [6.07, 6.45) is 0. The normalized spacial score (nSPS) is 11.4. The molecule has 1 N–H and O–H groups in total. The van der Waals surface area contributed by atoms with Crippen LogP contribution in [0.1, 0.15) is 1.43 Å². The molecule has 90 valence electrons. The SMILES string of the molecule is O=S(=O)(O)c1ccc(Pc2ccccc2)cc1.[H-].[Na+]. The first-order chi connectivity index (χ1) is 8.05. The minimum atomic E-state index is -4.09. The summed E-state index contributed by atoms with van der Waals surface area (Å²) in [6, 6.07) is 16.2. The van der Waals surface area contributed by atoms with Crippen LogP contribution in [-0.4, -0.2) is 13.0 Å². The van der Waals surface area contributed by atoms with Crippen LogP contribution in [0.4, 0.5) is 0 Å². The van der Waals surface area contributed by atoms with Crippen molar-refractivity contribution < 1.29 is 44.0 Å². The summed E-state index contributed by atoms with van der Waals surface area (Å²) < 4.78 is 30.6. The van der Waals surface area contributed by atoms with Crippen molar-refractivity contribution in [3.05, 3.63) is 54.6 Å². The molecule has 0 aliphatic carbocycles. The zero-order valence-corrected chi connectivity index (χ0v) is 13.7. The van der Waals surface area contributed by atoms with E-state index in [0.717, 1.165) is 5.30 Å². The standard InChI is InChI=1S/C12H11O3PS.Na.H/c13-17(14,15)12-8-6-11(7-9-12)16-10-4-2-1-3-5-10;;/h1-9,16H,(H,13,14,15);;/q;+1;-1. The molecule has 0 aliphatic heterocycles. The molecule has 0 fully saturated rings. The third-order valence-corrected chi connectivity index (χ3v) is 4.33. The van der Waals surface area contributed by atoms with Gasteiger partial charge in [0.15, 0.2) is 0 Å². The smallest absolute Gasteiger partial charge is 1.00 e. The Hall–Kier alpha value is -0.220. The Labute approximate surface area is 132 Å². The molecule has 0 aliphatic rings. The van der Waals surface area contributed by atoms with E-state index in [1.807, 2.05) is 30.3 Å². The second-order valence-corrected chi connectivity index (χ2v) is 6.32. The van der Waals surface area contributed by atoms with Crippen molar-refractivity contribution in [2.24, 2.45) is 0 Å². The van der Waals surface area contributed by atoms with Gasteiger partial charge in [0.2, 0.25) is 0 Å². The second kappa shape index (κ2) is 6.80. The number of hydrogen-bond donors (Lipinski definition) is 1. The Kier molecular flexibility index (Phi) is 5.99. The Morgan fingerprint density at radius 1 is 0.889 bits per heavy atom. The Morgan fingerprint density at radius 2 is 1.39 bits per heavy atom. The molecule has 0 heterocycles. The summed E-state index contributed by atoms with van der Waals surface area (Å²) >= 11 is 0. The van der Waals surface area contributed by atoms with E-state index in [2.05, 4.69) is 0 Å². The molecule has 2 rings (SSSR count). The van der Waals surface area contributed by atoms with Gasteiger partial charge in [-0.05, 0) is 22.7 Å². The molecular formula is C12H12NaO3PS. The van der Waals surface area contributed by atoms with Gasteiger partial charge in [-0.2, -0.15) is 8.42 Å². The molecule has 2 aromatic carbocycles. The first-order valence-corrected chi connectivity index (χ1v) is 7.39. The summed E-state index contributed by atoms with van der Waals surface area (Å²) in [6.45, 7) is 0. The topological polar surface area (TPSA) is 54.4 Å². The largest absolute Gasteiger partial charge is 1.00 e. The minimum absolute atomic E-state index is 0. The fourth-order valence-electron chi connectivity index (χ4n) is 1.40. The van der Waals surface area contributed by atoms with Crippen LogP contribution >= 0.6 is 8.58 Å². The number of hydrogen-bond acceptors (Lipinski definition) is 2. The van der Waals surface area contributed by atoms with E-state index in [9.17, 15) is 8.42 Å². The first kappa shape index (κ1) is 15.8. The third-order valence-electron chi connectivity index (χ3n) is 2.21. The molecule has 0 radical (unpaired) electrons. The van der Waals surface area contributed by atoms with Gasteiger partial charge in [-0.3, -0.25) is 4.55 Å². The van der Waals surface area contributed by atoms with Gasteiger partial charge in [0, 0.05) is 0 Å². The van der Waals surface area contributed by atoms with Gasteiger partial charge in [0.1, 0.15) is 0 Å². The maximum Gasteiger partial charge on any atom is 1.00 e. The molecule has 1 unspecified atom stereocenters. The van der Waals surface area contributed by atoms with E-state index in [4.69, 9.17) is 4.55 Å².